The third kappa shape index (κ3) is 3.04. The molecule has 158 valence electrons. The van der Waals surface area contributed by atoms with Gasteiger partial charge in [0.2, 0.25) is 11.8 Å². The Bertz CT molecular complexity index is 839. The number of carbonyl (C=O) groups excluding carboxylic acids is 3. The molecule has 8 heteroatoms. The van der Waals surface area contributed by atoms with E-state index < -0.39 is 5.41 Å². The smallest absolute Gasteiger partial charge is 0.274 e. The van der Waals surface area contributed by atoms with Gasteiger partial charge in [-0.05, 0) is 50.0 Å². The van der Waals surface area contributed by atoms with E-state index in [1.807, 2.05) is 30.8 Å². The number of nitrogens with one attached hydrogen (secondary N) is 1. The first-order valence-corrected chi connectivity index (χ1v) is 10.5. The van der Waals surface area contributed by atoms with Crippen LogP contribution < -0.4 is 0 Å². The van der Waals surface area contributed by atoms with Crippen LogP contribution in [0.15, 0.2) is 6.07 Å². The molecule has 3 aliphatic rings. The second-order valence-corrected chi connectivity index (χ2v) is 9.40. The van der Waals surface area contributed by atoms with Crippen LogP contribution in [0.1, 0.15) is 48.8 Å². The second-order valence-electron chi connectivity index (χ2n) is 9.40. The van der Waals surface area contributed by atoms with Crippen molar-refractivity contribution in [3.8, 4) is 0 Å². The number of hydrogen-bond acceptors (Lipinski definition) is 4. The zero-order valence-electron chi connectivity index (χ0n) is 17.8. The Morgan fingerprint density at radius 2 is 1.83 bits per heavy atom. The molecule has 3 amide bonds. The highest BCUT2D eigenvalue weighted by molar-refractivity contribution is 5.92. The summed E-state index contributed by atoms with van der Waals surface area (Å²) in [5, 5.41) is 6.94. The van der Waals surface area contributed by atoms with E-state index in [1.54, 1.807) is 17.9 Å². The molecule has 0 unspecified atom stereocenters. The molecule has 1 aromatic rings. The zero-order valence-corrected chi connectivity index (χ0v) is 17.8. The van der Waals surface area contributed by atoms with Crippen molar-refractivity contribution >= 4 is 17.7 Å². The number of aromatic nitrogens is 2. The Hall–Kier alpha value is -2.38. The van der Waals surface area contributed by atoms with Gasteiger partial charge < -0.3 is 14.7 Å². The van der Waals surface area contributed by atoms with Gasteiger partial charge in [0.15, 0.2) is 0 Å². The summed E-state index contributed by atoms with van der Waals surface area (Å²) in [6, 6.07) is 1.78. The number of aryl methyl sites for hydroxylation is 1. The van der Waals surface area contributed by atoms with E-state index in [9.17, 15) is 14.4 Å². The van der Waals surface area contributed by atoms with Gasteiger partial charge in [-0.15, -0.1) is 0 Å². The van der Waals surface area contributed by atoms with Crippen molar-refractivity contribution in [3.63, 3.8) is 0 Å². The number of carbonyl (C=O) groups is 3. The SMILES string of the molecule is CC(=O)N1C[C@H]2C3(CCN(C(=O)c4cc(C)[nH]n4)CC3)CC[C@@]2(C(=O)N(C)C)C1. The third-order valence-corrected chi connectivity index (χ3v) is 7.60. The summed E-state index contributed by atoms with van der Waals surface area (Å²) >= 11 is 0. The largest absolute Gasteiger partial charge is 0.348 e. The Balaban J connectivity index is 1.54. The number of likely N-dealkylation sites (tertiary alicyclic amines) is 2. The molecule has 4 rings (SSSR count). The molecular formula is C21H31N5O3. The molecule has 0 bridgehead atoms. The monoisotopic (exact) mass is 401 g/mol. The average Bonchev–Trinajstić information content (AvgIpc) is 3.36. The van der Waals surface area contributed by atoms with E-state index in [0.29, 0.717) is 31.9 Å². The predicted molar refractivity (Wildman–Crippen MR) is 107 cm³/mol. The molecule has 8 nitrogen and oxygen atoms in total. The van der Waals surface area contributed by atoms with Crippen LogP contribution in [0.3, 0.4) is 0 Å². The first kappa shape index (κ1) is 19.9. The number of aromatic amines is 1. The second kappa shape index (κ2) is 6.85. The molecule has 2 atom stereocenters. The van der Waals surface area contributed by atoms with Crippen LogP contribution in [0.25, 0.3) is 0 Å². The molecule has 1 spiro atoms. The molecule has 1 saturated carbocycles. The number of H-pyrrole nitrogens is 1. The maximum atomic E-state index is 13.2. The van der Waals surface area contributed by atoms with E-state index in [-0.39, 0.29) is 29.1 Å². The van der Waals surface area contributed by atoms with Crippen LogP contribution in [0.4, 0.5) is 0 Å². The molecule has 29 heavy (non-hydrogen) atoms. The summed E-state index contributed by atoms with van der Waals surface area (Å²) in [6.45, 7) is 6.01. The van der Waals surface area contributed by atoms with Crippen molar-refractivity contribution in [1.82, 2.24) is 24.9 Å². The molecule has 2 aliphatic heterocycles. The van der Waals surface area contributed by atoms with Gasteiger partial charge in [0.05, 0.1) is 5.41 Å². The van der Waals surface area contributed by atoms with Crippen LogP contribution in [0.2, 0.25) is 0 Å². The van der Waals surface area contributed by atoms with Gasteiger partial charge in [-0.25, -0.2) is 0 Å². The molecule has 1 N–H and O–H groups in total. The summed E-state index contributed by atoms with van der Waals surface area (Å²) in [7, 11) is 3.62. The van der Waals surface area contributed by atoms with Crippen LogP contribution in [0, 0.1) is 23.7 Å². The number of amides is 3. The average molecular weight is 402 g/mol. The van der Waals surface area contributed by atoms with E-state index in [2.05, 4.69) is 10.2 Å². The Kier molecular flexibility index (Phi) is 4.70. The highest BCUT2D eigenvalue weighted by Crippen LogP contribution is 2.62. The minimum absolute atomic E-state index is 0.0220. The van der Waals surface area contributed by atoms with Gasteiger partial charge in [0, 0.05) is 52.9 Å². The Morgan fingerprint density at radius 1 is 1.14 bits per heavy atom. The van der Waals surface area contributed by atoms with Gasteiger partial charge in [-0.3, -0.25) is 19.5 Å². The van der Waals surface area contributed by atoms with Gasteiger partial charge in [-0.2, -0.15) is 5.10 Å². The summed E-state index contributed by atoms with van der Waals surface area (Å²) in [5.41, 5.74) is 0.889. The molecule has 1 aromatic heterocycles. The lowest BCUT2D eigenvalue weighted by Gasteiger charge is -2.44. The van der Waals surface area contributed by atoms with Crippen molar-refractivity contribution in [2.75, 3.05) is 40.3 Å². The van der Waals surface area contributed by atoms with Crippen molar-refractivity contribution < 1.29 is 14.4 Å². The predicted octanol–water partition coefficient (Wildman–Crippen LogP) is 1.29. The maximum absolute atomic E-state index is 13.2. The fourth-order valence-corrected chi connectivity index (χ4v) is 6.04. The van der Waals surface area contributed by atoms with E-state index in [0.717, 1.165) is 31.4 Å². The normalized spacial score (nSPS) is 27.9. The minimum Gasteiger partial charge on any atom is -0.348 e. The molecule has 3 fully saturated rings. The molecule has 0 radical (unpaired) electrons. The molecule has 0 aromatic carbocycles. The van der Waals surface area contributed by atoms with Gasteiger partial charge in [0.1, 0.15) is 5.69 Å². The van der Waals surface area contributed by atoms with Gasteiger partial charge >= 0.3 is 0 Å². The summed E-state index contributed by atoms with van der Waals surface area (Å²) in [6.07, 6.45) is 3.57. The lowest BCUT2D eigenvalue weighted by Crippen LogP contribution is -2.49. The first-order valence-electron chi connectivity index (χ1n) is 10.5. The van der Waals surface area contributed by atoms with E-state index >= 15 is 0 Å². The standard InChI is InChI=1S/C21H31N5O3/c1-14-11-16(23-22-14)18(28)25-9-7-20(8-10-25)5-6-21(19(29)24(3)4)13-26(15(2)27)12-17(20)21/h11,17H,5-10,12-13H2,1-4H3,(H,22,23)/t17-,21+/m0/s1. The fraction of sp³-hybridized carbons (Fsp3) is 0.714. The third-order valence-electron chi connectivity index (χ3n) is 7.60. The topological polar surface area (TPSA) is 89.6 Å². The summed E-state index contributed by atoms with van der Waals surface area (Å²) < 4.78 is 0. The Morgan fingerprint density at radius 3 is 2.38 bits per heavy atom. The summed E-state index contributed by atoms with van der Waals surface area (Å²) in [5.74, 6) is 0.323. The van der Waals surface area contributed by atoms with Crippen molar-refractivity contribution in [3.05, 3.63) is 17.5 Å². The first-order chi connectivity index (χ1) is 13.7. The van der Waals surface area contributed by atoms with E-state index in [1.165, 1.54) is 0 Å². The lowest BCUT2D eigenvalue weighted by molar-refractivity contribution is -0.141. The number of hydrogen-bond donors (Lipinski definition) is 1. The van der Waals surface area contributed by atoms with Gasteiger partial charge in [0.25, 0.3) is 5.91 Å². The number of fused-ring (bicyclic) bond motifs is 2. The summed E-state index contributed by atoms with van der Waals surface area (Å²) in [4.78, 5) is 43.5. The molecule has 3 heterocycles. The lowest BCUT2D eigenvalue weighted by atomic mass is 9.65. The number of piperidine rings is 1. The number of nitrogens with zero attached hydrogens (tertiary/aromatic N) is 4. The van der Waals surface area contributed by atoms with Crippen molar-refractivity contribution in [1.29, 1.82) is 0 Å². The minimum atomic E-state index is -0.472. The maximum Gasteiger partial charge on any atom is 0.274 e. The molecule has 1 aliphatic carbocycles. The van der Waals surface area contributed by atoms with Crippen molar-refractivity contribution in [2.45, 2.75) is 39.5 Å². The quantitative estimate of drug-likeness (QED) is 0.809. The molecular weight excluding hydrogens is 370 g/mol. The van der Waals surface area contributed by atoms with Crippen molar-refractivity contribution in [2.24, 2.45) is 16.7 Å². The van der Waals surface area contributed by atoms with Crippen LogP contribution >= 0.6 is 0 Å². The highest BCUT2D eigenvalue weighted by Gasteiger charge is 2.65. The van der Waals surface area contributed by atoms with Gasteiger partial charge in [-0.1, -0.05) is 0 Å². The van der Waals surface area contributed by atoms with Crippen LogP contribution in [-0.4, -0.2) is 82.9 Å². The molecule has 2 saturated heterocycles. The highest BCUT2D eigenvalue weighted by atomic mass is 16.2. The Labute approximate surface area is 171 Å². The van der Waals surface area contributed by atoms with E-state index in [4.69, 9.17) is 0 Å². The number of rotatable bonds is 2. The van der Waals surface area contributed by atoms with Crippen LogP contribution in [0.5, 0.6) is 0 Å². The van der Waals surface area contributed by atoms with Crippen LogP contribution in [-0.2, 0) is 9.59 Å². The fourth-order valence-electron chi connectivity index (χ4n) is 6.04. The zero-order chi connectivity index (χ0) is 21.0.